The number of hydrogen-bond acceptors (Lipinski definition) is 4. The summed E-state index contributed by atoms with van der Waals surface area (Å²) >= 11 is 0. The quantitative estimate of drug-likeness (QED) is 0.457. The lowest BCUT2D eigenvalue weighted by molar-refractivity contribution is -0.202. The standard InChI is InChI=1S/C31H49NO4/c1-26(2)22-9-12-31(7)24(29(22,5)11-10-23(26)34)21(33)17-19-20-18-28(4,25(35)32-36-8)14-13-27(20,3)15-16-30(19,31)6/h17,20,22-24,34H,9-16,18H2,1-8H3,(H,32,35)/t20-,22?,23+,24-,27-,28+,29+,30-,31-/m1/s1. The van der Waals surface area contributed by atoms with E-state index in [1.54, 1.807) is 0 Å². The summed E-state index contributed by atoms with van der Waals surface area (Å²) in [6.07, 6.45) is 10.4. The van der Waals surface area contributed by atoms with E-state index in [0.717, 1.165) is 57.8 Å². The third-order valence-electron chi connectivity index (χ3n) is 13.3. The fourth-order valence-corrected chi connectivity index (χ4v) is 10.6. The summed E-state index contributed by atoms with van der Waals surface area (Å²) in [5, 5.41) is 10.9. The first-order chi connectivity index (χ1) is 16.6. The van der Waals surface area contributed by atoms with Gasteiger partial charge < -0.3 is 5.11 Å². The van der Waals surface area contributed by atoms with E-state index in [0.29, 0.717) is 11.7 Å². The van der Waals surface area contributed by atoms with Gasteiger partial charge in [-0.05, 0) is 103 Å². The number of carbonyl (C=O) groups excluding carboxylic acids is 2. The minimum atomic E-state index is -0.493. The van der Waals surface area contributed by atoms with Crippen LogP contribution in [0.4, 0.5) is 0 Å². The average Bonchev–Trinajstić information content (AvgIpc) is 2.79. The van der Waals surface area contributed by atoms with E-state index in [1.165, 1.54) is 12.7 Å². The number of allylic oxidation sites excluding steroid dienone is 2. The number of nitrogens with one attached hydrogen (secondary N) is 1. The number of hydroxylamine groups is 1. The van der Waals surface area contributed by atoms with Crippen LogP contribution >= 0.6 is 0 Å². The zero-order valence-electron chi connectivity index (χ0n) is 23.9. The average molecular weight is 500 g/mol. The smallest absolute Gasteiger partial charge is 0.249 e. The number of carbonyl (C=O) groups is 2. The molecule has 0 bridgehead atoms. The number of rotatable bonds is 2. The van der Waals surface area contributed by atoms with Gasteiger partial charge in [0.15, 0.2) is 5.78 Å². The molecule has 0 aromatic carbocycles. The van der Waals surface area contributed by atoms with E-state index in [1.807, 2.05) is 0 Å². The van der Waals surface area contributed by atoms with Crippen LogP contribution in [-0.2, 0) is 14.4 Å². The molecule has 0 spiro atoms. The molecule has 5 nitrogen and oxygen atoms in total. The highest BCUT2D eigenvalue weighted by Gasteiger charge is 2.70. The van der Waals surface area contributed by atoms with Crippen molar-refractivity contribution in [1.82, 2.24) is 5.48 Å². The molecular weight excluding hydrogens is 450 g/mol. The minimum Gasteiger partial charge on any atom is -0.393 e. The number of aliphatic hydroxyl groups is 1. The fraction of sp³-hybridized carbons (Fsp3) is 0.871. The number of hydrogen-bond donors (Lipinski definition) is 2. The molecule has 5 heteroatoms. The Morgan fingerprint density at radius 3 is 2.31 bits per heavy atom. The van der Waals surface area contributed by atoms with Crippen LogP contribution in [0, 0.1) is 50.2 Å². The predicted octanol–water partition coefficient (Wildman–Crippen LogP) is 6.01. The van der Waals surface area contributed by atoms with Crippen molar-refractivity contribution in [3.05, 3.63) is 11.6 Å². The van der Waals surface area contributed by atoms with Crippen LogP contribution in [0.1, 0.15) is 106 Å². The maximum atomic E-state index is 14.3. The number of amides is 1. The molecule has 5 aliphatic rings. The molecule has 202 valence electrons. The van der Waals surface area contributed by atoms with Crippen LogP contribution in [0.15, 0.2) is 11.6 Å². The van der Waals surface area contributed by atoms with Crippen LogP contribution in [-0.4, -0.2) is 30.0 Å². The molecular formula is C31H49NO4. The van der Waals surface area contributed by atoms with Gasteiger partial charge in [-0.15, -0.1) is 0 Å². The van der Waals surface area contributed by atoms with Crippen LogP contribution in [0.5, 0.6) is 0 Å². The fourth-order valence-electron chi connectivity index (χ4n) is 10.6. The molecule has 5 aliphatic carbocycles. The summed E-state index contributed by atoms with van der Waals surface area (Å²) in [5.41, 5.74) is 3.13. The molecule has 0 radical (unpaired) electrons. The lowest BCUT2D eigenvalue weighted by Gasteiger charge is -2.70. The maximum Gasteiger partial charge on any atom is 0.249 e. The second-order valence-corrected chi connectivity index (χ2v) is 15.3. The molecule has 0 saturated heterocycles. The van der Waals surface area contributed by atoms with E-state index >= 15 is 0 Å². The molecule has 1 amide bonds. The number of ketones is 1. The van der Waals surface area contributed by atoms with Crippen molar-refractivity contribution in [2.24, 2.45) is 50.2 Å². The largest absolute Gasteiger partial charge is 0.393 e. The van der Waals surface area contributed by atoms with E-state index in [9.17, 15) is 14.7 Å². The summed E-state index contributed by atoms with van der Waals surface area (Å²) in [7, 11) is 1.50. The highest BCUT2D eigenvalue weighted by Crippen LogP contribution is 2.75. The lowest BCUT2D eigenvalue weighted by atomic mass is 9.33. The summed E-state index contributed by atoms with van der Waals surface area (Å²) in [6.45, 7) is 16.2. The molecule has 9 atom stereocenters. The monoisotopic (exact) mass is 499 g/mol. The summed E-state index contributed by atoms with van der Waals surface area (Å²) < 4.78 is 0. The highest BCUT2D eigenvalue weighted by atomic mass is 16.6. The summed E-state index contributed by atoms with van der Waals surface area (Å²) in [5.74, 6) is 0.832. The van der Waals surface area contributed by atoms with Gasteiger partial charge in [0.1, 0.15) is 0 Å². The van der Waals surface area contributed by atoms with Crippen molar-refractivity contribution in [2.45, 2.75) is 112 Å². The Morgan fingerprint density at radius 1 is 0.972 bits per heavy atom. The predicted molar refractivity (Wildman–Crippen MR) is 141 cm³/mol. The lowest BCUT2D eigenvalue weighted by Crippen LogP contribution is -2.66. The van der Waals surface area contributed by atoms with Crippen molar-refractivity contribution < 1.29 is 19.5 Å². The molecule has 4 fully saturated rings. The second-order valence-electron chi connectivity index (χ2n) is 15.3. The van der Waals surface area contributed by atoms with E-state index in [-0.39, 0.29) is 50.9 Å². The molecule has 0 aromatic heterocycles. The normalized spacial score (nSPS) is 51.7. The van der Waals surface area contributed by atoms with Crippen molar-refractivity contribution in [2.75, 3.05) is 7.11 Å². The van der Waals surface area contributed by atoms with Crippen molar-refractivity contribution in [1.29, 1.82) is 0 Å². The van der Waals surface area contributed by atoms with Gasteiger partial charge in [-0.2, -0.15) is 0 Å². The second kappa shape index (κ2) is 7.91. The Hall–Kier alpha value is -1.20. The minimum absolute atomic E-state index is 0.0135. The van der Waals surface area contributed by atoms with Crippen molar-refractivity contribution >= 4 is 11.7 Å². The Bertz CT molecular complexity index is 1000. The van der Waals surface area contributed by atoms with Gasteiger partial charge in [-0.3, -0.25) is 14.4 Å². The van der Waals surface area contributed by atoms with Crippen molar-refractivity contribution in [3.8, 4) is 0 Å². The molecule has 36 heavy (non-hydrogen) atoms. The van der Waals surface area contributed by atoms with Gasteiger partial charge in [0, 0.05) is 11.3 Å². The highest BCUT2D eigenvalue weighted by molar-refractivity contribution is 5.95. The Morgan fingerprint density at radius 2 is 1.64 bits per heavy atom. The Balaban J connectivity index is 1.59. The van der Waals surface area contributed by atoms with Crippen LogP contribution in [0.2, 0.25) is 0 Å². The van der Waals surface area contributed by atoms with Gasteiger partial charge in [-0.1, -0.05) is 54.0 Å². The van der Waals surface area contributed by atoms with Gasteiger partial charge in [0.25, 0.3) is 0 Å². The van der Waals surface area contributed by atoms with Crippen LogP contribution < -0.4 is 5.48 Å². The molecule has 4 saturated carbocycles. The van der Waals surface area contributed by atoms with Crippen molar-refractivity contribution in [3.63, 3.8) is 0 Å². The topological polar surface area (TPSA) is 75.6 Å². The van der Waals surface area contributed by atoms with Gasteiger partial charge in [0.05, 0.1) is 13.2 Å². The zero-order chi connectivity index (χ0) is 26.5. The summed E-state index contributed by atoms with van der Waals surface area (Å²) in [4.78, 5) is 32.4. The first kappa shape index (κ1) is 26.4. The molecule has 2 N–H and O–H groups in total. The van der Waals surface area contributed by atoms with E-state index < -0.39 is 5.41 Å². The SMILES string of the molecule is CONC(=O)[C@@]1(C)CC[C@]2(C)CC[C@]3(C)C(=CC(=O)[C@@H]4[C@@]5(C)CC[C@H](O)C(C)(C)C5CC[C@]43C)[C@H]2C1. The molecule has 0 aliphatic heterocycles. The van der Waals surface area contributed by atoms with Gasteiger partial charge >= 0.3 is 0 Å². The summed E-state index contributed by atoms with van der Waals surface area (Å²) in [6, 6.07) is 0. The molecule has 5 rings (SSSR count). The Kier molecular flexibility index (Phi) is 5.80. The van der Waals surface area contributed by atoms with Gasteiger partial charge in [-0.25, -0.2) is 5.48 Å². The maximum absolute atomic E-state index is 14.3. The molecule has 0 heterocycles. The van der Waals surface area contributed by atoms with E-state index in [2.05, 4.69) is 60.0 Å². The van der Waals surface area contributed by atoms with Crippen LogP contribution in [0.3, 0.4) is 0 Å². The first-order valence-corrected chi connectivity index (χ1v) is 14.4. The number of aliphatic hydroxyl groups excluding tert-OH is 1. The third kappa shape index (κ3) is 3.20. The molecule has 1 unspecified atom stereocenters. The molecule has 0 aromatic rings. The number of fused-ring (bicyclic) bond motifs is 7. The first-order valence-electron chi connectivity index (χ1n) is 14.4. The van der Waals surface area contributed by atoms with Gasteiger partial charge in [0.2, 0.25) is 5.91 Å². The Labute approximate surface area is 218 Å². The van der Waals surface area contributed by atoms with Crippen LogP contribution in [0.25, 0.3) is 0 Å². The zero-order valence-corrected chi connectivity index (χ0v) is 23.9. The third-order valence-corrected chi connectivity index (χ3v) is 13.3. The van der Waals surface area contributed by atoms with E-state index in [4.69, 9.17) is 4.84 Å².